The highest BCUT2D eigenvalue weighted by molar-refractivity contribution is 8.01. The summed E-state index contributed by atoms with van der Waals surface area (Å²) in [6.07, 6.45) is 2.55. The number of hydrogen-bond acceptors (Lipinski definition) is 3. The van der Waals surface area contributed by atoms with Crippen LogP contribution in [0.15, 0.2) is 47.5 Å². The molecule has 0 saturated carbocycles. The lowest BCUT2D eigenvalue weighted by atomic mass is 10.1. The van der Waals surface area contributed by atoms with Crippen molar-refractivity contribution in [2.24, 2.45) is 0 Å². The van der Waals surface area contributed by atoms with Gasteiger partial charge in [-0.15, -0.1) is 11.8 Å². The van der Waals surface area contributed by atoms with Crippen LogP contribution < -0.4 is 5.32 Å². The minimum absolute atomic E-state index is 0.0255. The predicted octanol–water partition coefficient (Wildman–Crippen LogP) is 3.05. The molecule has 1 aliphatic rings. The maximum absolute atomic E-state index is 12.2. The van der Waals surface area contributed by atoms with E-state index in [0.29, 0.717) is 5.82 Å². The zero-order valence-electron chi connectivity index (χ0n) is 10.6. The second kappa shape index (κ2) is 5.05. The van der Waals surface area contributed by atoms with Gasteiger partial charge in [0.2, 0.25) is 5.91 Å². The second-order valence-electron chi connectivity index (χ2n) is 4.63. The fraction of sp³-hybridized carbons (Fsp3) is 0.200. The van der Waals surface area contributed by atoms with Gasteiger partial charge >= 0.3 is 0 Å². The number of fused-ring (bicyclic) bond motifs is 1. The summed E-state index contributed by atoms with van der Waals surface area (Å²) >= 11 is 1.63. The Hall–Kier alpha value is -1.81. The molecule has 0 radical (unpaired) electrons. The minimum atomic E-state index is -0.0551. The third kappa shape index (κ3) is 2.63. The van der Waals surface area contributed by atoms with E-state index in [2.05, 4.69) is 22.4 Å². The number of hydrogen-bond donors (Lipinski definition) is 1. The summed E-state index contributed by atoms with van der Waals surface area (Å²) in [4.78, 5) is 17.6. The Morgan fingerprint density at radius 1 is 1.32 bits per heavy atom. The standard InChI is InChI=1S/C15H14N2OS/c1-10-6-7-14(16-9-10)17-15(18)13-8-11-4-2-3-5-12(11)19-13/h2-7,9,13H,8H2,1H3,(H,16,17,18)/t13-/m1/s1. The van der Waals surface area contributed by atoms with Crippen LogP contribution in [0.1, 0.15) is 11.1 Å². The summed E-state index contributed by atoms with van der Waals surface area (Å²) in [6, 6.07) is 11.9. The number of aromatic nitrogens is 1. The molecule has 1 aliphatic heterocycles. The number of anilines is 1. The Kier molecular flexibility index (Phi) is 3.25. The van der Waals surface area contributed by atoms with Crippen molar-refractivity contribution in [2.45, 2.75) is 23.5 Å². The number of carbonyl (C=O) groups excluding carboxylic acids is 1. The van der Waals surface area contributed by atoms with E-state index < -0.39 is 0 Å². The first kappa shape index (κ1) is 12.2. The number of carbonyl (C=O) groups is 1. The van der Waals surface area contributed by atoms with E-state index >= 15 is 0 Å². The van der Waals surface area contributed by atoms with Crippen molar-refractivity contribution in [3.8, 4) is 0 Å². The molecule has 1 aromatic heterocycles. The van der Waals surface area contributed by atoms with E-state index in [1.165, 1.54) is 10.5 Å². The molecule has 3 nitrogen and oxygen atoms in total. The molecule has 1 amide bonds. The van der Waals surface area contributed by atoms with Crippen LogP contribution in [0.4, 0.5) is 5.82 Å². The molecule has 2 heterocycles. The van der Waals surface area contributed by atoms with E-state index in [1.807, 2.05) is 31.2 Å². The molecule has 19 heavy (non-hydrogen) atoms. The first-order chi connectivity index (χ1) is 9.22. The second-order valence-corrected chi connectivity index (χ2v) is 5.87. The monoisotopic (exact) mass is 270 g/mol. The van der Waals surface area contributed by atoms with Crippen molar-refractivity contribution in [2.75, 3.05) is 5.32 Å². The maximum atomic E-state index is 12.2. The molecule has 0 bridgehead atoms. The highest BCUT2D eigenvalue weighted by Gasteiger charge is 2.28. The van der Waals surface area contributed by atoms with Gasteiger partial charge in [0.25, 0.3) is 0 Å². The average molecular weight is 270 g/mol. The molecule has 0 unspecified atom stereocenters. The highest BCUT2D eigenvalue weighted by Crippen LogP contribution is 2.37. The minimum Gasteiger partial charge on any atom is -0.310 e. The Morgan fingerprint density at radius 2 is 2.16 bits per heavy atom. The molecular weight excluding hydrogens is 256 g/mol. The molecule has 0 spiro atoms. The summed E-state index contributed by atoms with van der Waals surface area (Å²) in [6.45, 7) is 1.97. The average Bonchev–Trinajstić information content (AvgIpc) is 2.85. The summed E-state index contributed by atoms with van der Waals surface area (Å²) in [5, 5.41) is 2.82. The van der Waals surface area contributed by atoms with E-state index in [1.54, 1.807) is 18.0 Å². The lowest BCUT2D eigenvalue weighted by Gasteiger charge is -2.09. The van der Waals surface area contributed by atoms with Gasteiger partial charge in [0.15, 0.2) is 0 Å². The van der Waals surface area contributed by atoms with Gasteiger partial charge in [-0.05, 0) is 36.6 Å². The number of amides is 1. The van der Waals surface area contributed by atoms with Crippen molar-refractivity contribution in [3.63, 3.8) is 0 Å². The summed E-state index contributed by atoms with van der Waals surface area (Å²) in [5.74, 6) is 0.643. The third-order valence-corrected chi connectivity index (χ3v) is 4.42. The zero-order chi connectivity index (χ0) is 13.2. The maximum Gasteiger partial charge on any atom is 0.239 e. The van der Waals surface area contributed by atoms with Gasteiger partial charge in [-0.3, -0.25) is 4.79 Å². The summed E-state index contributed by atoms with van der Waals surface area (Å²) < 4.78 is 0. The number of benzene rings is 1. The van der Waals surface area contributed by atoms with Crippen LogP contribution in [0.25, 0.3) is 0 Å². The van der Waals surface area contributed by atoms with Crippen molar-refractivity contribution >= 4 is 23.5 Å². The van der Waals surface area contributed by atoms with E-state index in [0.717, 1.165) is 12.0 Å². The van der Waals surface area contributed by atoms with Crippen molar-refractivity contribution in [3.05, 3.63) is 53.7 Å². The van der Waals surface area contributed by atoms with Crippen LogP contribution in [-0.4, -0.2) is 16.1 Å². The quantitative estimate of drug-likeness (QED) is 0.912. The molecule has 4 heteroatoms. The molecular formula is C15H14N2OS. The van der Waals surface area contributed by atoms with Crippen molar-refractivity contribution in [1.82, 2.24) is 4.98 Å². The number of nitrogens with one attached hydrogen (secondary N) is 1. The first-order valence-electron chi connectivity index (χ1n) is 6.20. The first-order valence-corrected chi connectivity index (χ1v) is 7.08. The molecule has 2 aromatic rings. The third-order valence-electron chi connectivity index (χ3n) is 3.10. The number of nitrogens with zero attached hydrogens (tertiary/aromatic N) is 1. The van der Waals surface area contributed by atoms with E-state index in [9.17, 15) is 4.79 Å². The molecule has 0 aliphatic carbocycles. The van der Waals surface area contributed by atoms with Crippen LogP contribution in [0.3, 0.4) is 0 Å². The SMILES string of the molecule is Cc1ccc(NC(=O)[C@H]2Cc3ccccc3S2)nc1. The zero-order valence-corrected chi connectivity index (χ0v) is 11.4. The summed E-state index contributed by atoms with van der Waals surface area (Å²) in [7, 11) is 0. The van der Waals surface area contributed by atoms with Crippen LogP contribution in [0, 0.1) is 6.92 Å². The molecule has 1 atom stereocenters. The highest BCUT2D eigenvalue weighted by atomic mass is 32.2. The lowest BCUT2D eigenvalue weighted by Crippen LogP contribution is -2.25. The van der Waals surface area contributed by atoms with Crippen LogP contribution in [0.5, 0.6) is 0 Å². The fourth-order valence-corrected chi connectivity index (χ4v) is 3.27. The number of pyridine rings is 1. The lowest BCUT2D eigenvalue weighted by molar-refractivity contribution is -0.115. The Labute approximate surface area is 116 Å². The molecule has 1 N–H and O–H groups in total. The van der Waals surface area contributed by atoms with Gasteiger partial charge in [-0.2, -0.15) is 0 Å². The Morgan fingerprint density at radius 3 is 2.89 bits per heavy atom. The Balaban J connectivity index is 1.68. The smallest absolute Gasteiger partial charge is 0.239 e. The molecule has 0 saturated heterocycles. The molecule has 3 rings (SSSR count). The summed E-state index contributed by atoms with van der Waals surface area (Å²) in [5.41, 5.74) is 2.34. The van der Waals surface area contributed by atoms with Gasteiger partial charge in [0, 0.05) is 11.1 Å². The topological polar surface area (TPSA) is 42.0 Å². The van der Waals surface area contributed by atoms with E-state index in [4.69, 9.17) is 0 Å². The van der Waals surface area contributed by atoms with E-state index in [-0.39, 0.29) is 11.2 Å². The van der Waals surface area contributed by atoms with Crippen LogP contribution in [-0.2, 0) is 11.2 Å². The van der Waals surface area contributed by atoms with Gasteiger partial charge in [-0.25, -0.2) is 4.98 Å². The Bertz CT molecular complexity index is 585. The van der Waals surface area contributed by atoms with Crippen molar-refractivity contribution < 1.29 is 4.79 Å². The number of thioether (sulfide) groups is 1. The van der Waals surface area contributed by atoms with Gasteiger partial charge in [0.1, 0.15) is 5.82 Å². The van der Waals surface area contributed by atoms with Crippen LogP contribution >= 0.6 is 11.8 Å². The van der Waals surface area contributed by atoms with Gasteiger partial charge < -0.3 is 5.32 Å². The van der Waals surface area contributed by atoms with Gasteiger partial charge in [0.05, 0.1) is 5.25 Å². The van der Waals surface area contributed by atoms with Crippen LogP contribution in [0.2, 0.25) is 0 Å². The van der Waals surface area contributed by atoms with Gasteiger partial charge in [-0.1, -0.05) is 24.3 Å². The fourth-order valence-electron chi connectivity index (χ4n) is 2.08. The number of rotatable bonds is 2. The predicted molar refractivity (Wildman–Crippen MR) is 77.4 cm³/mol. The molecule has 96 valence electrons. The van der Waals surface area contributed by atoms with Crippen molar-refractivity contribution in [1.29, 1.82) is 0 Å². The largest absolute Gasteiger partial charge is 0.310 e. The molecule has 0 fully saturated rings. The normalized spacial score (nSPS) is 17.0. The molecule has 1 aromatic carbocycles. The number of aryl methyl sites for hydroxylation is 1.